The van der Waals surface area contributed by atoms with Crippen LogP contribution in [-0.4, -0.2) is 35.0 Å². The molecule has 0 saturated heterocycles. The Morgan fingerprint density at radius 1 is 0.757 bits per heavy atom. The first kappa shape index (κ1) is 23.7. The van der Waals surface area contributed by atoms with Gasteiger partial charge in [0.1, 0.15) is 5.82 Å². The van der Waals surface area contributed by atoms with E-state index in [2.05, 4.69) is 37.0 Å². The monoisotopic (exact) mass is 489 g/mol. The summed E-state index contributed by atoms with van der Waals surface area (Å²) in [6.07, 6.45) is 5.09. The van der Waals surface area contributed by atoms with E-state index in [4.69, 9.17) is 0 Å². The molecule has 5 rings (SSSR count). The molecule has 3 N–H and O–H groups in total. The van der Waals surface area contributed by atoms with Crippen LogP contribution in [0.3, 0.4) is 0 Å². The summed E-state index contributed by atoms with van der Waals surface area (Å²) in [4.78, 5) is 27.9. The van der Waals surface area contributed by atoms with E-state index >= 15 is 0 Å². The quantitative estimate of drug-likeness (QED) is 0.253. The minimum atomic E-state index is -0.227. The van der Waals surface area contributed by atoms with E-state index in [1.165, 1.54) is 0 Å². The van der Waals surface area contributed by atoms with Crippen LogP contribution in [0.1, 0.15) is 16.1 Å². The minimum absolute atomic E-state index is 0.227. The van der Waals surface area contributed by atoms with Gasteiger partial charge in [-0.1, -0.05) is 0 Å². The number of carbonyl (C=O) groups is 1. The van der Waals surface area contributed by atoms with Gasteiger partial charge in [-0.25, -0.2) is 4.98 Å². The van der Waals surface area contributed by atoms with Crippen molar-refractivity contribution in [2.24, 2.45) is 0 Å². The first-order valence-corrected chi connectivity index (χ1v) is 11.8. The number of aromatic nitrogens is 3. The predicted molar refractivity (Wildman–Crippen MR) is 150 cm³/mol. The molecule has 8 heteroatoms. The smallest absolute Gasteiger partial charge is 0.257 e. The topological polar surface area (TPSA) is 95.1 Å². The lowest BCUT2D eigenvalue weighted by atomic mass is 10.1. The first-order valence-electron chi connectivity index (χ1n) is 11.8. The maximum Gasteiger partial charge on any atom is 0.257 e. The van der Waals surface area contributed by atoms with Gasteiger partial charge in [-0.05, 0) is 79.7 Å². The molecule has 184 valence electrons. The highest BCUT2D eigenvalue weighted by Gasteiger charge is 2.09. The van der Waals surface area contributed by atoms with Gasteiger partial charge in [0, 0.05) is 66.5 Å². The van der Waals surface area contributed by atoms with Crippen LogP contribution < -0.4 is 20.9 Å². The van der Waals surface area contributed by atoms with Gasteiger partial charge in [0.05, 0.1) is 16.8 Å². The van der Waals surface area contributed by atoms with Crippen molar-refractivity contribution in [2.75, 3.05) is 34.9 Å². The lowest BCUT2D eigenvalue weighted by Crippen LogP contribution is -2.12. The molecule has 0 atom stereocenters. The van der Waals surface area contributed by atoms with Gasteiger partial charge in [0.2, 0.25) is 0 Å². The average molecular weight is 490 g/mol. The zero-order valence-electron chi connectivity index (χ0n) is 20.9. The van der Waals surface area contributed by atoms with Gasteiger partial charge < -0.3 is 20.9 Å². The molecular formula is C29H27N7O. The third-order valence-electron chi connectivity index (χ3n) is 5.86. The van der Waals surface area contributed by atoms with Crippen LogP contribution in [0.25, 0.3) is 10.9 Å². The Morgan fingerprint density at radius 3 is 2.27 bits per heavy atom. The molecule has 0 saturated carbocycles. The molecule has 0 aliphatic carbocycles. The van der Waals surface area contributed by atoms with Crippen LogP contribution in [0, 0.1) is 6.92 Å². The molecule has 5 aromatic rings. The highest BCUT2D eigenvalue weighted by atomic mass is 16.1. The maximum atomic E-state index is 12.8. The number of pyridine rings is 3. The predicted octanol–water partition coefficient (Wildman–Crippen LogP) is 6.14. The third kappa shape index (κ3) is 5.65. The summed E-state index contributed by atoms with van der Waals surface area (Å²) in [6.45, 7) is 1.95. The molecule has 2 aromatic carbocycles. The number of rotatable bonds is 7. The second-order valence-corrected chi connectivity index (χ2v) is 8.85. The number of nitrogens with one attached hydrogen (secondary N) is 3. The van der Waals surface area contributed by atoms with Crippen molar-refractivity contribution in [1.82, 2.24) is 15.0 Å². The Labute approximate surface area is 215 Å². The van der Waals surface area contributed by atoms with Crippen molar-refractivity contribution in [1.29, 1.82) is 0 Å². The fraction of sp³-hybridized carbons (Fsp3) is 0.103. The lowest BCUT2D eigenvalue weighted by Gasteiger charge is -2.15. The second-order valence-electron chi connectivity index (χ2n) is 8.85. The molecular weight excluding hydrogens is 462 g/mol. The first-order chi connectivity index (χ1) is 17.9. The summed E-state index contributed by atoms with van der Waals surface area (Å²) in [7, 11) is 4.01. The number of anilines is 6. The summed E-state index contributed by atoms with van der Waals surface area (Å²) in [5.74, 6) is 0.413. The molecule has 0 spiro atoms. The molecule has 3 aromatic heterocycles. The largest absolute Gasteiger partial charge is 0.378 e. The Morgan fingerprint density at radius 2 is 1.54 bits per heavy atom. The highest BCUT2D eigenvalue weighted by molar-refractivity contribution is 6.04. The number of aryl methyl sites for hydroxylation is 1. The van der Waals surface area contributed by atoms with Crippen molar-refractivity contribution >= 4 is 51.1 Å². The Bertz CT molecular complexity index is 1550. The van der Waals surface area contributed by atoms with Gasteiger partial charge in [-0.15, -0.1) is 0 Å². The van der Waals surface area contributed by atoms with E-state index in [0.29, 0.717) is 17.1 Å². The summed E-state index contributed by atoms with van der Waals surface area (Å²) in [5, 5.41) is 10.6. The Hall–Kier alpha value is -4.98. The molecule has 1 amide bonds. The molecule has 8 nitrogen and oxygen atoms in total. The molecule has 0 fully saturated rings. The third-order valence-corrected chi connectivity index (χ3v) is 5.86. The number of benzene rings is 2. The fourth-order valence-electron chi connectivity index (χ4n) is 3.89. The Kier molecular flexibility index (Phi) is 6.63. The van der Waals surface area contributed by atoms with Crippen LogP contribution in [0.2, 0.25) is 0 Å². The molecule has 0 radical (unpaired) electrons. The van der Waals surface area contributed by atoms with Crippen molar-refractivity contribution in [3.05, 3.63) is 103 Å². The SMILES string of the molecule is Cc1cc(Nc2ccc(NC(=O)c3ccc(Nc4ccnc5ccc(N(C)C)cc45)nc3)cc2)ccn1. The fourth-order valence-corrected chi connectivity index (χ4v) is 3.89. The lowest BCUT2D eigenvalue weighted by molar-refractivity contribution is 0.102. The van der Waals surface area contributed by atoms with Crippen LogP contribution in [0.15, 0.2) is 91.4 Å². The van der Waals surface area contributed by atoms with E-state index in [1.807, 2.05) is 80.5 Å². The maximum absolute atomic E-state index is 12.8. The zero-order valence-corrected chi connectivity index (χ0v) is 20.9. The standard InChI is InChI=1S/C29H27N7O/c1-19-16-23(12-14-30-19)33-21-5-7-22(8-6-21)34-29(37)20-4-11-28(32-18-20)35-27-13-15-31-26-10-9-24(36(2)3)17-25(26)27/h4-18H,1-3H3,(H,30,33)(H,34,37)(H,31,32,35). The molecule has 0 bridgehead atoms. The summed E-state index contributed by atoms with van der Waals surface area (Å²) in [5.41, 5.74) is 6.86. The van der Waals surface area contributed by atoms with Crippen molar-refractivity contribution < 1.29 is 4.79 Å². The number of amides is 1. The van der Waals surface area contributed by atoms with E-state index in [0.717, 1.165) is 39.3 Å². The number of hydrogen-bond acceptors (Lipinski definition) is 7. The number of carbonyl (C=O) groups excluding carboxylic acids is 1. The minimum Gasteiger partial charge on any atom is -0.378 e. The van der Waals surface area contributed by atoms with E-state index in [9.17, 15) is 4.79 Å². The van der Waals surface area contributed by atoms with Gasteiger partial charge in [0.15, 0.2) is 0 Å². The normalized spacial score (nSPS) is 10.7. The molecule has 0 unspecified atom stereocenters. The van der Waals surface area contributed by atoms with Crippen molar-refractivity contribution in [3.63, 3.8) is 0 Å². The number of hydrogen-bond donors (Lipinski definition) is 3. The van der Waals surface area contributed by atoms with Gasteiger partial charge in [-0.2, -0.15) is 0 Å². The molecule has 3 heterocycles. The molecule has 0 aliphatic rings. The van der Waals surface area contributed by atoms with E-state index < -0.39 is 0 Å². The van der Waals surface area contributed by atoms with Gasteiger partial charge >= 0.3 is 0 Å². The number of fused-ring (bicyclic) bond motifs is 1. The van der Waals surface area contributed by atoms with Crippen LogP contribution >= 0.6 is 0 Å². The Balaban J connectivity index is 1.24. The summed E-state index contributed by atoms with van der Waals surface area (Å²) < 4.78 is 0. The zero-order chi connectivity index (χ0) is 25.8. The van der Waals surface area contributed by atoms with Crippen LogP contribution in [0.5, 0.6) is 0 Å². The second kappa shape index (κ2) is 10.3. The van der Waals surface area contributed by atoms with Crippen molar-refractivity contribution in [3.8, 4) is 0 Å². The van der Waals surface area contributed by atoms with Gasteiger partial charge in [-0.3, -0.25) is 14.8 Å². The summed E-state index contributed by atoms with van der Waals surface area (Å²) in [6, 6.07) is 23.0. The van der Waals surface area contributed by atoms with Crippen LogP contribution in [-0.2, 0) is 0 Å². The highest BCUT2D eigenvalue weighted by Crippen LogP contribution is 2.28. The molecule has 0 aliphatic heterocycles. The van der Waals surface area contributed by atoms with E-state index in [-0.39, 0.29) is 5.91 Å². The number of nitrogens with zero attached hydrogens (tertiary/aromatic N) is 4. The van der Waals surface area contributed by atoms with Gasteiger partial charge in [0.25, 0.3) is 5.91 Å². The summed E-state index contributed by atoms with van der Waals surface area (Å²) >= 11 is 0. The van der Waals surface area contributed by atoms with Crippen molar-refractivity contribution in [2.45, 2.75) is 6.92 Å². The average Bonchev–Trinajstić information content (AvgIpc) is 2.90. The van der Waals surface area contributed by atoms with E-state index in [1.54, 1.807) is 30.7 Å². The molecule has 37 heavy (non-hydrogen) atoms. The van der Waals surface area contributed by atoms with Crippen LogP contribution in [0.4, 0.5) is 34.3 Å².